The summed E-state index contributed by atoms with van der Waals surface area (Å²) in [5, 5.41) is 0.273. The number of nitrogen functional groups attached to an aromatic ring is 1. The third kappa shape index (κ3) is 3.51. The molecule has 0 saturated carbocycles. The topological polar surface area (TPSA) is 66.6 Å². The molecule has 0 amide bonds. The van der Waals surface area contributed by atoms with Crippen molar-refractivity contribution in [3.63, 3.8) is 0 Å². The standard InChI is InChI=1S/C14H22ClN3O2S/c1-3-11(2)17-6-8-18(9-7-17)21(19,20)12-4-5-14(16)13(15)10-12/h4-5,10-11H,3,6-9,16H2,1-2H3. The van der Waals surface area contributed by atoms with Gasteiger partial charge in [-0.05, 0) is 31.5 Å². The smallest absolute Gasteiger partial charge is 0.243 e. The van der Waals surface area contributed by atoms with E-state index in [1.807, 2.05) is 0 Å². The third-order valence-electron chi connectivity index (χ3n) is 4.10. The van der Waals surface area contributed by atoms with Crippen LogP contribution in [0.2, 0.25) is 5.02 Å². The molecule has 1 aromatic rings. The lowest BCUT2D eigenvalue weighted by molar-refractivity contribution is 0.142. The molecule has 7 heteroatoms. The monoisotopic (exact) mass is 331 g/mol. The number of halogens is 1. The zero-order chi connectivity index (χ0) is 15.6. The molecule has 0 aromatic heterocycles. The lowest BCUT2D eigenvalue weighted by Crippen LogP contribution is -2.51. The van der Waals surface area contributed by atoms with Crippen molar-refractivity contribution < 1.29 is 8.42 Å². The van der Waals surface area contributed by atoms with Gasteiger partial charge in [0.1, 0.15) is 0 Å². The van der Waals surface area contributed by atoms with E-state index in [1.165, 1.54) is 22.5 Å². The molecule has 21 heavy (non-hydrogen) atoms. The molecule has 1 fully saturated rings. The minimum absolute atomic E-state index is 0.207. The summed E-state index contributed by atoms with van der Waals surface area (Å²) < 4.78 is 26.7. The molecule has 2 N–H and O–H groups in total. The highest BCUT2D eigenvalue weighted by Crippen LogP contribution is 2.25. The number of rotatable bonds is 4. The van der Waals surface area contributed by atoms with Gasteiger partial charge >= 0.3 is 0 Å². The average Bonchev–Trinajstić information content (AvgIpc) is 2.49. The first-order valence-electron chi connectivity index (χ1n) is 7.15. The molecule has 1 unspecified atom stereocenters. The van der Waals surface area contributed by atoms with Gasteiger partial charge in [0.2, 0.25) is 10.0 Å². The van der Waals surface area contributed by atoms with Crippen LogP contribution in [0, 0.1) is 0 Å². The van der Waals surface area contributed by atoms with Crippen molar-refractivity contribution in [3.8, 4) is 0 Å². The van der Waals surface area contributed by atoms with Crippen LogP contribution in [0.5, 0.6) is 0 Å². The largest absolute Gasteiger partial charge is 0.398 e. The maximum absolute atomic E-state index is 12.6. The van der Waals surface area contributed by atoms with Gasteiger partial charge in [0.05, 0.1) is 15.6 Å². The zero-order valence-corrected chi connectivity index (χ0v) is 14.0. The first-order chi connectivity index (χ1) is 9.86. The number of hydrogen-bond acceptors (Lipinski definition) is 4. The number of piperazine rings is 1. The quantitative estimate of drug-likeness (QED) is 0.857. The maximum Gasteiger partial charge on any atom is 0.243 e. The summed E-state index contributed by atoms with van der Waals surface area (Å²) in [6, 6.07) is 4.95. The molecule has 1 atom stereocenters. The molecule has 0 spiro atoms. The highest BCUT2D eigenvalue weighted by Gasteiger charge is 2.29. The predicted octanol–water partition coefficient (Wildman–Crippen LogP) is 2.03. The molecule has 0 bridgehead atoms. The van der Waals surface area contributed by atoms with Gasteiger partial charge in [0, 0.05) is 32.2 Å². The average molecular weight is 332 g/mol. The maximum atomic E-state index is 12.6. The van der Waals surface area contributed by atoms with Gasteiger partial charge in [-0.3, -0.25) is 4.90 Å². The summed E-state index contributed by atoms with van der Waals surface area (Å²) in [5.41, 5.74) is 6.02. The van der Waals surface area contributed by atoms with Crippen LogP contribution in [0.15, 0.2) is 23.1 Å². The molecule has 0 aliphatic carbocycles. The second-order valence-electron chi connectivity index (χ2n) is 5.38. The molecular formula is C14H22ClN3O2S. The second kappa shape index (κ2) is 6.52. The van der Waals surface area contributed by atoms with Crippen LogP contribution in [0.1, 0.15) is 20.3 Å². The van der Waals surface area contributed by atoms with Crippen molar-refractivity contribution in [1.82, 2.24) is 9.21 Å². The van der Waals surface area contributed by atoms with Gasteiger partial charge in [-0.1, -0.05) is 18.5 Å². The van der Waals surface area contributed by atoms with Crippen LogP contribution >= 0.6 is 11.6 Å². The van der Waals surface area contributed by atoms with Crippen molar-refractivity contribution in [2.24, 2.45) is 0 Å². The predicted molar refractivity (Wildman–Crippen MR) is 85.9 cm³/mol. The molecule has 1 aliphatic rings. The fraction of sp³-hybridized carbons (Fsp3) is 0.571. The van der Waals surface area contributed by atoms with Crippen LogP contribution < -0.4 is 5.73 Å². The van der Waals surface area contributed by atoms with Crippen LogP contribution in [-0.4, -0.2) is 49.8 Å². The van der Waals surface area contributed by atoms with E-state index in [0.29, 0.717) is 24.8 Å². The van der Waals surface area contributed by atoms with E-state index < -0.39 is 10.0 Å². The number of benzene rings is 1. The normalized spacial score (nSPS) is 19.6. The molecule has 1 heterocycles. The Hall–Kier alpha value is -0.820. The van der Waals surface area contributed by atoms with Crippen molar-refractivity contribution in [2.75, 3.05) is 31.9 Å². The van der Waals surface area contributed by atoms with E-state index in [0.717, 1.165) is 19.5 Å². The van der Waals surface area contributed by atoms with Crippen LogP contribution in [0.25, 0.3) is 0 Å². The van der Waals surface area contributed by atoms with Gasteiger partial charge in [-0.2, -0.15) is 4.31 Å². The SMILES string of the molecule is CCC(C)N1CCN(S(=O)(=O)c2ccc(N)c(Cl)c2)CC1. The lowest BCUT2D eigenvalue weighted by atomic mass is 10.2. The zero-order valence-electron chi connectivity index (χ0n) is 12.4. The Labute approximate surface area is 131 Å². The molecule has 1 aliphatic heterocycles. The van der Waals surface area contributed by atoms with E-state index in [2.05, 4.69) is 18.7 Å². The van der Waals surface area contributed by atoms with Gasteiger partial charge in [-0.25, -0.2) is 8.42 Å². The van der Waals surface area contributed by atoms with Gasteiger partial charge in [0.15, 0.2) is 0 Å². The minimum Gasteiger partial charge on any atom is -0.398 e. The fourth-order valence-corrected chi connectivity index (χ4v) is 4.15. The molecule has 0 radical (unpaired) electrons. The van der Waals surface area contributed by atoms with E-state index in [-0.39, 0.29) is 9.92 Å². The Morgan fingerprint density at radius 1 is 1.29 bits per heavy atom. The van der Waals surface area contributed by atoms with Crippen LogP contribution in [0.4, 0.5) is 5.69 Å². The molecule has 118 valence electrons. The Morgan fingerprint density at radius 2 is 1.90 bits per heavy atom. The number of hydrogen-bond donors (Lipinski definition) is 1. The molecule has 1 aromatic carbocycles. The third-order valence-corrected chi connectivity index (χ3v) is 6.32. The van der Waals surface area contributed by atoms with E-state index in [4.69, 9.17) is 17.3 Å². The summed E-state index contributed by atoms with van der Waals surface area (Å²) in [6.45, 7) is 6.85. The molecule has 2 rings (SSSR count). The van der Waals surface area contributed by atoms with Crippen molar-refractivity contribution >= 4 is 27.3 Å². The summed E-state index contributed by atoms with van der Waals surface area (Å²) in [4.78, 5) is 2.53. The summed E-state index contributed by atoms with van der Waals surface area (Å²) >= 11 is 5.93. The van der Waals surface area contributed by atoms with Crippen LogP contribution in [0.3, 0.4) is 0 Å². The van der Waals surface area contributed by atoms with Crippen LogP contribution in [-0.2, 0) is 10.0 Å². The molecule has 5 nitrogen and oxygen atoms in total. The Bertz CT molecular complexity index is 598. The summed E-state index contributed by atoms with van der Waals surface area (Å²) in [5.74, 6) is 0. The summed E-state index contributed by atoms with van der Waals surface area (Å²) in [6.07, 6.45) is 1.07. The number of anilines is 1. The molecule has 1 saturated heterocycles. The Morgan fingerprint density at radius 3 is 2.43 bits per heavy atom. The molecular weight excluding hydrogens is 310 g/mol. The second-order valence-corrected chi connectivity index (χ2v) is 7.73. The summed E-state index contributed by atoms with van der Waals surface area (Å²) in [7, 11) is -3.49. The van der Waals surface area contributed by atoms with Gasteiger partial charge in [-0.15, -0.1) is 0 Å². The van der Waals surface area contributed by atoms with Gasteiger partial charge < -0.3 is 5.73 Å². The fourth-order valence-electron chi connectivity index (χ4n) is 2.46. The first-order valence-corrected chi connectivity index (χ1v) is 8.97. The van der Waals surface area contributed by atoms with E-state index in [9.17, 15) is 8.42 Å². The lowest BCUT2D eigenvalue weighted by Gasteiger charge is -2.37. The number of nitrogens with zero attached hydrogens (tertiary/aromatic N) is 2. The minimum atomic E-state index is -3.49. The van der Waals surface area contributed by atoms with Crippen molar-refractivity contribution in [1.29, 1.82) is 0 Å². The van der Waals surface area contributed by atoms with E-state index in [1.54, 1.807) is 0 Å². The first kappa shape index (κ1) is 16.5. The van der Waals surface area contributed by atoms with E-state index >= 15 is 0 Å². The number of nitrogens with two attached hydrogens (primary N) is 1. The highest BCUT2D eigenvalue weighted by atomic mass is 35.5. The Kier molecular flexibility index (Phi) is 5.14. The van der Waals surface area contributed by atoms with Crippen molar-refractivity contribution in [2.45, 2.75) is 31.2 Å². The van der Waals surface area contributed by atoms with Gasteiger partial charge in [0.25, 0.3) is 0 Å². The highest BCUT2D eigenvalue weighted by molar-refractivity contribution is 7.89. The van der Waals surface area contributed by atoms with Crippen molar-refractivity contribution in [3.05, 3.63) is 23.2 Å². The Balaban J connectivity index is 2.13. The number of sulfonamides is 1.